The lowest BCUT2D eigenvalue weighted by molar-refractivity contribution is -0.232. The molecule has 0 atom stereocenters. The van der Waals surface area contributed by atoms with Crippen molar-refractivity contribution in [1.29, 1.82) is 0 Å². The van der Waals surface area contributed by atoms with Crippen molar-refractivity contribution in [2.45, 2.75) is 26.7 Å². The first-order valence-corrected chi connectivity index (χ1v) is 12.9. The number of aromatic amines is 1. The Kier molecular flexibility index (Phi) is 8.04. The summed E-state index contributed by atoms with van der Waals surface area (Å²) in [6.45, 7) is 5.16. The number of carbonyl (C=O) groups is 1. The predicted molar refractivity (Wildman–Crippen MR) is 147 cm³/mol. The molecule has 1 saturated heterocycles. The first-order chi connectivity index (χ1) is 19.3. The third kappa shape index (κ3) is 6.44. The molecule has 5 rings (SSSR count). The van der Waals surface area contributed by atoms with Gasteiger partial charge in [0.25, 0.3) is 0 Å². The minimum atomic E-state index is -0.743. The van der Waals surface area contributed by atoms with E-state index in [2.05, 4.69) is 20.6 Å². The largest absolute Gasteiger partial charge is 0.497 e. The average Bonchev–Trinajstić information content (AvgIpc) is 3.42. The van der Waals surface area contributed by atoms with E-state index in [9.17, 15) is 9.18 Å². The van der Waals surface area contributed by atoms with E-state index in [4.69, 9.17) is 24.2 Å². The van der Waals surface area contributed by atoms with Crippen molar-refractivity contribution < 1.29 is 23.4 Å². The Hall–Kier alpha value is -4.35. The zero-order valence-electron chi connectivity index (χ0n) is 22.5. The Bertz CT molecular complexity index is 1450. The molecule has 0 radical (unpaired) electrons. The van der Waals surface area contributed by atoms with Gasteiger partial charge in [0.15, 0.2) is 5.82 Å². The lowest BCUT2D eigenvalue weighted by Gasteiger charge is -2.36. The van der Waals surface area contributed by atoms with E-state index in [1.54, 1.807) is 31.5 Å². The molecule has 1 fully saturated rings. The van der Waals surface area contributed by atoms with Gasteiger partial charge in [-0.25, -0.2) is 19.3 Å². The number of hydrogen-bond donors (Lipinski definition) is 3. The van der Waals surface area contributed by atoms with Gasteiger partial charge in [-0.15, -0.1) is 0 Å². The molecule has 3 heterocycles. The molecule has 2 aromatic carbocycles. The molecule has 3 N–H and O–H groups in total. The fourth-order valence-corrected chi connectivity index (χ4v) is 4.25. The number of nitrogens with zero attached hydrogens (tertiary/aromatic N) is 3. The van der Waals surface area contributed by atoms with E-state index in [-0.39, 0.29) is 17.1 Å². The minimum absolute atomic E-state index is 0.106. The molecular weight excluding hydrogens is 515 g/mol. The van der Waals surface area contributed by atoms with Crippen LogP contribution in [0.4, 0.5) is 10.3 Å². The maximum Gasteiger partial charge on any atom is 0.223 e. The van der Waals surface area contributed by atoms with Crippen molar-refractivity contribution >= 4 is 11.9 Å². The minimum Gasteiger partial charge on any atom is -0.497 e. The number of benzene rings is 2. The maximum atomic E-state index is 13.7. The Balaban J connectivity index is 1.39. The molecule has 10 nitrogen and oxygen atoms in total. The smallest absolute Gasteiger partial charge is 0.223 e. The number of ether oxygens (including phenoxy) is 3. The van der Waals surface area contributed by atoms with Gasteiger partial charge in [0, 0.05) is 37.2 Å². The Morgan fingerprint density at radius 1 is 1.10 bits per heavy atom. The topological polar surface area (TPSA) is 123 Å². The molecule has 0 bridgehead atoms. The molecular formula is C29H31FN6O4. The average molecular weight is 547 g/mol. The molecule has 1 amide bonds. The van der Waals surface area contributed by atoms with Crippen LogP contribution in [0.3, 0.4) is 0 Å². The van der Waals surface area contributed by atoms with E-state index >= 15 is 0 Å². The third-order valence-corrected chi connectivity index (χ3v) is 6.51. The van der Waals surface area contributed by atoms with Gasteiger partial charge in [-0.2, -0.15) is 0 Å². The van der Waals surface area contributed by atoms with Gasteiger partial charge in [0.1, 0.15) is 11.6 Å². The normalized spacial score (nSPS) is 18.8. The second kappa shape index (κ2) is 11.8. The zero-order valence-corrected chi connectivity index (χ0v) is 22.5. The number of halogens is 1. The van der Waals surface area contributed by atoms with Crippen LogP contribution in [0.15, 0.2) is 60.8 Å². The number of methoxy groups -OCH3 is 1. The molecule has 2 aromatic heterocycles. The molecule has 0 spiro atoms. The maximum absolute atomic E-state index is 13.7. The SMILES string of the molecule is COc1ccc(CNc2nccc(-c3[nH]c(C4OCC(C)(CNC(C)=O)CO4)nc3-c3ccc(F)cc3)n2)cc1. The van der Waals surface area contributed by atoms with Crippen LogP contribution in [0.1, 0.15) is 31.5 Å². The Morgan fingerprint density at radius 2 is 1.82 bits per heavy atom. The monoisotopic (exact) mass is 546 g/mol. The van der Waals surface area contributed by atoms with Crippen LogP contribution >= 0.6 is 0 Å². The summed E-state index contributed by atoms with van der Waals surface area (Å²) in [4.78, 5) is 28.5. The number of hydrogen-bond acceptors (Lipinski definition) is 8. The molecule has 1 aliphatic heterocycles. The van der Waals surface area contributed by atoms with E-state index in [0.717, 1.165) is 11.3 Å². The van der Waals surface area contributed by atoms with Crippen LogP contribution in [-0.2, 0) is 20.8 Å². The highest BCUT2D eigenvalue weighted by molar-refractivity contribution is 5.77. The number of imidazole rings is 1. The summed E-state index contributed by atoms with van der Waals surface area (Å²) in [5.41, 5.74) is 3.17. The van der Waals surface area contributed by atoms with Crippen LogP contribution in [0.2, 0.25) is 0 Å². The first kappa shape index (κ1) is 27.2. The quantitative estimate of drug-likeness (QED) is 0.281. The fourth-order valence-electron chi connectivity index (χ4n) is 4.25. The van der Waals surface area contributed by atoms with Crippen LogP contribution < -0.4 is 15.4 Å². The van der Waals surface area contributed by atoms with E-state index in [1.807, 2.05) is 31.2 Å². The number of H-pyrrole nitrogens is 1. The highest BCUT2D eigenvalue weighted by Crippen LogP contribution is 2.35. The van der Waals surface area contributed by atoms with Crippen molar-refractivity contribution in [2.75, 3.05) is 32.2 Å². The molecule has 0 unspecified atom stereocenters. The second-order valence-electron chi connectivity index (χ2n) is 9.99. The third-order valence-electron chi connectivity index (χ3n) is 6.51. The van der Waals surface area contributed by atoms with Crippen LogP contribution in [0.25, 0.3) is 22.6 Å². The van der Waals surface area contributed by atoms with Gasteiger partial charge < -0.3 is 29.8 Å². The summed E-state index contributed by atoms with van der Waals surface area (Å²) in [7, 11) is 1.63. The highest BCUT2D eigenvalue weighted by atomic mass is 19.1. The molecule has 0 aliphatic carbocycles. The van der Waals surface area contributed by atoms with Crippen molar-refractivity contribution in [1.82, 2.24) is 25.3 Å². The number of aromatic nitrogens is 4. The number of amides is 1. The second-order valence-corrected chi connectivity index (χ2v) is 9.99. The summed E-state index contributed by atoms with van der Waals surface area (Å²) in [5.74, 6) is 1.24. The Morgan fingerprint density at radius 3 is 2.50 bits per heavy atom. The molecule has 0 saturated carbocycles. The van der Waals surface area contributed by atoms with Gasteiger partial charge in [-0.1, -0.05) is 19.1 Å². The van der Waals surface area contributed by atoms with Crippen molar-refractivity contribution in [3.8, 4) is 28.4 Å². The van der Waals surface area contributed by atoms with Gasteiger partial charge >= 0.3 is 0 Å². The van der Waals surface area contributed by atoms with E-state index in [1.165, 1.54) is 19.1 Å². The van der Waals surface area contributed by atoms with Crippen LogP contribution in [0.5, 0.6) is 5.75 Å². The summed E-state index contributed by atoms with van der Waals surface area (Å²) in [5, 5.41) is 6.07. The highest BCUT2D eigenvalue weighted by Gasteiger charge is 2.35. The summed E-state index contributed by atoms with van der Waals surface area (Å²) in [6.07, 6.45) is 0.919. The van der Waals surface area contributed by atoms with Crippen molar-refractivity contribution in [3.63, 3.8) is 0 Å². The summed E-state index contributed by atoms with van der Waals surface area (Å²) in [6, 6.07) is 15.6. The standard InChI is InChI=1S/C29H31FN6O4/c1-18(37)33-15-29(2)16-39-27(40-17-29)26-35-24(20-6-8-21(30)9-7-20)25(36-26)23-12-13-31-28(34-23)32-14-19-4-10-22(38-3)11-5-19/h4-13,27H,14-17H2,1-3H3,(H,33,37)(H,35,36)(H,31,32,34). The molecule has 1 aliphatic rings. The number of anilines is 1. The number of rotatable bonds is 9. The van der Waals surface area contributed by atoms with Crippen LogP contribution in [0, 0.1) is 11.2 Å². The van der Waals surface area contributed by atoms with Gasteiger partial charge in [-0.3, -0.25) is 4.79 Å². The van der Waals surface area contributed by atoms with Gasteiger partial charge in [-0.05, 0) is 48.0 Å². The molecule has 11 heteroatoms. The van der Waals surface area contributed by atoms with Crippen LogP contribution in [-0.4, -0.2) is 52.7 Å². The van der Waals surface area contributed by atoms with Crippen molar-refractivity contribution in [2.24, 2.45) is 5.41 Å². The first-order valence-electron chi connectivity index (χ1n) is 12.9. The molecule has 208 valence electrons. The summed E-state index contributed by atoms with van der Waals surface area (Å²) >= 11 is 0. The number of nitrogens with one attached hydrogen (secondary N) is 3. The predicted octanol–water partition coefficient (Wildman–Crippen LogP) is 4.48. The van der Waals surface area contributed by atoms with Gasteiger partial charge in [0.2, 0.25) is 18.1 Å². The molecule has 4 aromatic rings. The lowest BCUT2D eigenvalue weighted by atomic mass is 9.92. The summed E-state index contributed by atoms with van der Waals surface area (Å²) < 4.78 is 31.0. The Labute approximate surface area is 231 Å². The fraction of sp³-hybridized carbons (Fsp3) is 0.310. The lowest BCUT2D eigenvalue weighted by Crippen LogP contribution is -2.45. The van der Waals surface area contributed by atoms with E-state index < -0.39 is 6.29 Å². The van der Waals surface area contributed by atoms with Gasteiger partial charge in [0.05, 0.1) is 37.4 Å². The van der Waals surface area contributed by atoms with Crippen molar-refractivity contribution in [3.05, 3.63) is 78.0 Å². The molecule has 40 heavy (non-hydrogen) atoms. The zero-order chi connectivity index (χ0) is 28.1. The van der Waals surface area contributed by atoms with E-state index in [0.29, 0.717) is 60.7 Å². The number of carbonyl (C=O) groups excluding carboxylic acids is 1.